The first-order valence-electron chi connectivity index (χ1n) is 43.5. The van der Waals surface area contributed by atoms with Crippen LogP contribution >= 0.6 is 69.6 Å². The zero-order chi connectivity index (χ0) is 91.7. The molecule has 2 aliphatic carbocycles. The molecular weight excluding hydrogens is 1760 g/mol. The Hall–Kier alpha value is -10.5. The lowest BCUT2D eigenvalue weighted by molar-refractivity contribution is -0.150. The van der Waals surface area contributed by atoms with Crippen LogP contribution < -0.4 is 0 Å². The van der Waals surface area contributed by atoms with Gasteiger partial charge in [0.2, 0.25) is 0 Å². The molecule has 672 valence electrons. The van der Waals surface area contributed by atoms with Crippen molar-refractivity contribution in [1.82, 2.24) is 40.1 Å². The highest BCUT2D eigenvalue weighted by molar-refractivity contribution is 6.34. The van der Waals surface area contributed by atoms with E-state index in [0.29, 0.717) is 151 Å². The van der Waals surface area contributed by atoms with E-state index in [1.807, 2.05) is 163 Å². The number of methoxy groups -OCH3 is 1. The Morgan fingerprint density at radius 1 is 0.357 bits per heavy atom. The topological polar surface area (TPSA) is 237 Å². The lowest BCUT2D eigenvalue weighted by atomic mass is 9.71. The summed E-state index contributed by atoms with van der Waals surface area (Å²) in [6.07, 6.45) is 6.01. The van der Waals surface area contributed by atoms with Gasteiger partial charge in [0, 0.05) is 62.2 Å². The molecule has 19 rings (SSSR count). The number of carbonyl (C=O) groups excluding carboxylic acids is 9. The fourth-order valence-electron chi connectivity index (χ4n) is 19.9. The number of aryl methyl sites for hydroxylation is 6. The third-order valence-electron chi connectivity index (χ3n) is 26.0. The van der Waals surface area contributed by atoms with Crippen molar-refractivity contribution in [1.29, 1.82) is 0 Å². The molecule has 0 aromatic heterocycles. The van der Waals surface area contributed by atoms with Crippen LogP contribution in [0.15, 0.2) is 170 Å². The molecule has 1 spiro atoms. The van der Waals surface area contributed by atoms with E-state index in [9.17, 15) is 48.3 Å². The second-order valence-electron chi connectivity index (χ2n) is 34.2. The molecule has 8 heterocycles. The summed E-state index contributed by atoms with van der Waals surface area (Å²) in [5, 5.41) is 26.8. The van der Waals surface area contributed by atoms with E-state index in [0.717, 1.165) is 139 Å². The number of Topliss-reactive ketones (excluding diaryl/α,β-unsaturated/α-hetero) is 1. The highest BCUT2D eigenvalue weighted by atomic mass is 35.5. The molecule has 1 N–H and O–H groups in total. The summed E-state index contributed by atoms with van der Waals surface area (Å²) in [7, 11) is 1.72. The smallest absolute Gasteiger partial charge is 0.258 e. The molecule has 0 radical (unpaired) electrons. The molecule has 2 atom stereocenters. The minimum absolute atomic E-state index is 0.0781. The van der Waals surface area contributed by atoms with Crippen LogP contribution in [0, 0.1) is 60.8 Å². The Labute approximate surface area is 781 Å². The van der Waals surface area contributed by atoms with E-state index in [2.05, 4.69) is 32.0 Å². The van der Waals surface area contributed by atoms with Crippen LogP contribution in [0.25, 0.3) is 50.1 Å². The number of fused-ring (bicyclic) bond motifs is 4. The number of allylic oxidation sites excluding steroid dienone is 2. The number of hydrazine groups is 4. The first kappa shape index (κ1) is 93.2. The van der Waals surface area contributed by atoms with Gasteiger partial charge in [-0.1, -0.05) is 166 Å². The third-order valence-corrected chi connectivity index (χ3v) is 27.7. The summed E-state index contributed by atoms with van der Waals surface area (Å²) in [5.41, 5.74) is 19.8. The fourth-order valence-corrected chi connectivity index (χ4v) is 20.9. The van der Waals surface area contributed by atoms with Gasteiger partial charge in [-0.2, -0.15) is 0 Å². The largest absolute Gasteiger partial charge is 0.511 e. The second kappa shape index (κ2) is 39.7. The van der Waals surface area contributed by atoms with Crippen LogP contribution in [-0.2, 0) is 62.1 Å². The van der Waals surface area contributed by atoms with Crippen molar-refractivity contribution in [2.75, 3.05) is 99.1 Å². The van der Waals surface area contributed by atoms with Gasteiger partial charge in [-0.15, -0.1) is 0 Å². The Morgan fingerprint density at radius 3 is 1.10 bits per heavy atom. The molecular formula is C101H102Cl6N8O14. The van der Waals surface area contributed by atoms with E-state index in [1.165, 1.54) is 15.6 Å². The van der Waals surface area contributed by atoms with Crippen LogP contribution in [0.1, 0.15) is 141 Å². The van der Waals surface area contributed by atoms with Gasteiger partial charge in [-0.25, -0.2) is 30.1 Å². The average molecular weight is 1860 g/mol. The van der Waals surface area contributed by atoms with Gasteiger partial charge >= 0.3 is 0 Å². The Morgan fingerprint density at radius 2 is 0.705 bits per heavy atom. The molecule has 9 aromatic carbocycles. The fraction of sp³-hybridized carbons (Fsp3) is 0.356. The van der Waals surface area contributed by atoms with Crippen LogP contribution in [0.2, 0.25) is 30.1 Å². The molecule has 10 aliphatic rings. The minimum Gasteiger partial charge on any atom is -0.511 e. The zero-order valence-electron chi connectivity index (χ0n) is 73.4. The van der Waals surface area contributed by atoms with Gasteiger partial charge in [0.1, 0.15) is 29.4 Å². The summed E-state index contributed by atoms with van der Waals surface area (Å²) < 4.78 is 21.7. The highest BCUT2D eigenvalue weighted by Crippen LogP contribution is 2.54. The lowest BCUT2D eigenvalue weighted by Crippen LogP contribution is -2.45. The van der Waals surface area contributed by atoms with E-state index < -0.39 is 29.1 Å². The number of ketones is 1. The molecule has 22 nitrogen and oxygen atoms in total. The molecule has 129 heavy (non-hydrogen) atoms. The monoisotopic (exact) mass is 1860 g/mol. The second-order valence-corrected chi connectivity index (χ2v) is 36.8. The number of carbonyl (C=O) groups is 9. The van der Waals surface area contributed by atoms with Crippen molar-refractivity contribution >= 4 is 128 Å². The van der Waals surface area contributed by atoms with Gasteiger partial charge in [-0.05, 0) is 278 Å². The van der Waals surface area contributed by atoms with E-state index >= 15 is 0 Å². The molecule has 8 aliphatic heterocycles. The summed E-state index contributed by atoms with van der Waals surface area (Å²) >= 11 is 36.7. The van der Waals surface area contributed by atoms with E-state index in [1.54, 1.807) is 61.4 Å². The number of aliphatic hydroxyl groups excluding tert-OH is 1. The Balaban J connectivity index is 0.000000124. The minimum atomic E-state index is -0.909. The summed E-state index contributed by atoms with van der Waals surface area (Å²) in [6.45, 7) is 22.3. The van der Waals surface area contributed by atoms with Gasteiger partial charge in [-0.3, -0.25) is 53.2 Å². The molecule has 0 bridgehead atoms. The number of nitrogens with zero attached hydrogens (tertiary/aromatic N) is 8. The van der Waals surface area contributed by atoms with Crippen LogP contribution in [-0.4, -0.2) is 203 Å². The Bertz CT molecular complexity index is 5820. The van der Waals surface area contributed by atoms with Crippen molar-refractivity contribution in [3.63, 3.8) is 0 Å². The number of amides is 8. The number of benzene rings is 9. The molecule has 2 unspecified atom stereocenters. The van der Waals surface area contributed by atoms with Crippen LogP contribution in [0.5, 0.6) is 0 Å². The van der Waals surface area contributed by atoms with Gasteiger partial charge in [0.05, 0.1) is 90.6 Å². The molecule has 9 fully saturated rings. The Kier molecular flexibility index (Phi) is 28.7. The van der Waals surface area contributed by atoms with E-state index in [4.69, 9.17) is 88.6 Å². The van der Waals surface area contributed by atoms with Gasteiger partial charge in [0.25, 0.3) is 47.3 Å². The lowest BCUT2D eigenvalue weighted by Gasteiger charge is -2.37. The van der Waals surface area contributed by atoms with Crippen molar-refractivity contribution in [2.45, 2.75) is 130 Å². The SMILES string of the molecule is COC1CCCC2(CC(=O)C(c3c(C)cc(C)cc3C)=C2O)C1.Cc1cc(C)c(C2C(=O)N3CCOCCN3C2=O)c(C)c1-c1ccc(Cl)cc1.Cc1ccc(-c2ccc(Cl)cc2)c(C)c1C1C(=O)N2CCOCCN2C1=O.O=C1C(c2cc(-c3ccc(Cl)cc3)ccc2Cl)C(=O)N2CCCCN12.O=C1C(c2cc(-c3ccc(Cl)cc3)ccc2Cl)C(=O)N2CCOCCN12. The predicted molar refractivity (Wildman–Crippen MR) is 499 cm³/mol. The normalized spacial score (nSPS) is 19.8. The molecule has 8 saturated heterocycles. The van der Waals surface area contributed by atoms with Crippen molar-refractivity contribution in [2.24, 2.45) is 5.41 Å². The van der Waals surface area contributed by atoms with Crippen LogP contribution in [0.4, 0.5) is 0 Å². The maximum absolute atomic E-state index is 13.2. The van der Waals surface area contributed by atoms with Crippen molar-refractivity contribution in [3.05, 3.63) is 272 Å². The van der Waals surface area contributed by atoms with Crippen LogP contribution in [0.3, 0.4) is 0 Å². The first-order valence-corrected chi connectivity index (χ1v) is 45.8. The maximum Gasteiger partial charge on any atom is 0.258 e. The molecule has 8 amide bonds. The summed E-state index contributed by atoms with van der Waals surface area (Å²) in [6, 6.07) is 51.2. The van der Waals surface area contributed by atoms with Crippen molar-refractivity contribution < 1.29 is 67.2 Å². The van der Waals surface area contributed by atoms with E-state index in [-0.39, 0.29) is 59.1 Å². The summed E-state index contributed by atoms with van der Waals surface area (Å²) in [4.78, 5) is 117. The molecule has 9 aromatic rings. The number of aliphatic hydroxyl groups is 1. The third kappa shape index (κ3) is 18.8. The van der Waals surface area contributed by atoms with Gasteiger partial charge in [0.15, 0.2) is 5.78 Å². The van der Waals surface area contributed by atoms with Gasteiger partial charge < -0.3 is 24.1 Å². The number of hydrogen-bond donors (Lipinski definition) is 1. The number of halogens is 6. The maximum atomic E-state index is 13.2. The first-order chi connectivity index (χ1) is 61.9. The predicted octanol–water partition coefficient (Wildman–Crippen LogP) is 18.9. The zero-order valence-corrected chi connectivity index (χ0v) is 78.0. The summed E-state index contributed by atoms with van der Waals surface area (Å²) in [5.74, 6) is -4.46. The number of hydrogen-bond acceptors (Lipinski definition) is 14. The standard InChI is InChI=1S/C22H23ClN2O3.C21H21ClN2O3.C20H26O3.C19H16Cl2N2O3.C19H16Cl2N2O2/c1-13-12-14(2)19(15(3)18(13)16-4-6-17(23)7-5-16)20-21(26)24-8-10-28-11-9-25(24)22(20)27;1-13-3-8-17(15-4-6-16(22)7-5-15)14(2)18(13)19-20(25)23-9-11-27-12-10-24(23)21(19)26;1-12-8-13(2)17(14(3)9-12)18-16(21)11-20(19(18)22)7-5-6-15(10-20)23-4;20-14-4-1-12(2-5-14)13-3-6-16(21)15(11-13)17-18(24)22-7-9-26-10-8-23(22)19(17)25;20-14-6-3-12(4-7-14)13-5-8-16(21)15(11-13)17-18(24)22-9-1-2-10-23(22)19(17)25/h4-7,12,20H,8-11H2,1-3H3;3-8,19H,9-12H2,1-2H3;8-9,15,22H,5-7,10-11H2,1-4H3;1-6,11,17H,7-10H2;3-8,11,17H,1-2,9-10H2. The average Bonchev–Trinajstić information content (AvgIpc) is 1.59. The molecule has 1 saturated carbocycles. The molecule has 28 heteroatoms. The quantitative estimate of drug-likeness (QED) is 0.125. The van der Waals surface area contributed by atoms with Crippen molar-refractivity contribution in [3.8, 4) is 44.5 Å². The number of ether oxygens (including phenoxy) is 4. The number of rotatable bonds is 10. The highest BCUT2D eigenvalue weighted by Gasteiger charge is 2.54.